The van der Waals surface area contributed by atoms with Gasteiger partial charge in [0.05, 0.1) is 19.8 Å². The number of ether oxygens (including phenoxy) is 3. The van der Waals surface area contributed by atoms with Crippen molar-refractivity contribution in [1.29, 1.82) is 0 Å². The number of rotatable bonds is 10. The molecule has 1 aromatic rings. The zero-order chi connectivity index (χ0) is 14.8. The number of nitrogens with two attached hydrogens (primary N) is 1. The van der Waals surface area contributed by atoms with Crippen molar-refractivity contribution in [3.8, 4) is 5.75 Å². The number of para-hydroxylation sites is 1. The largest absolute Gasteiger partial charge is 0.493 e. The fourth-order valence-corrected chi connectivity index (χ4v) is 2.01. The molecule has 1 atom stereocenters. The maximum absolute atomic E-state index is 5.91. The molecule has 0 aliphatic heterocycles. The third-order valence-electron chi connectivity index (χ3n) is 2.95. The van der Waals surface area contributed by atoms with Crippen LogP contribution in [0.1, 0.15) is 24.5 Å². The molecule has 0 bridgehead atoms. The summed E-state index contributed by atoms with van der Waals surface area (Å²) in [4.78, 5) is 0. The van der Waals surface area contributed by atoms with Gasteiger partial charge in [0.2, 0.25) is 0 Å². The Bertz CT molecular complexity index is 380. The molecule has 0 radical (unpaired) electrons. The highest BCUT2D eigenvalue weighted by molar-refractivity contribution is 5.41. The van der Waals surface area contributed by atoms with E-state index in [0.717, 1.165) is 24.2 Å². The molecule has 0 aliphatic carbocycles. The van der Waals surface area contributed by atoms with Crippen molar-refractivity contribution in [2.45, 2.75) is 32.7 Å². The van der Waals surface area contributed by atoms with Crippen LogP contribution in [0.4, 0.5) is 0 Å². The van der Waals surface area contributed by atoms with Gasteiger partial charge in [-0.2, -0.15) is 0 Å². The van der Waals surface area contributed by atoms with Crippen LogP contribution in [-0.2, 0) is 15.9 Å². The lowest BCUT2D eigenvalue weighted by molar-refractivity contribution is 0.0643. The summed E-state index contributed by atoms with van der Waals surface area (Å²) in [6, 6.07) is 6.33. The van der Waals surface area contributed by atoms with E-state index in [1.165, 1.54) is 5.56 Å². The van der Waals surface area contributed by atoms with Gasteiger partial charge in [0, 0.05) is 26.2 Å². The molecule has 0 aliphatic rings. The number of hydrogen-bond acceptors (Lipinski definition) is 4. The second-order valence-corrected chi connectivity index (χ2v) is 5.05. The van der Waals surface area contributed by atoms with Crippen LogP contribution in [0.3, 0.4) is 0 Å². The molecular formula is C16H27NO3. The second-order valence-electron chi connectivity index (χ2n) is 5.05. The van der Waals surface area contributed by atoms with Gasteiger partial charge in [0.1, 0.15) is 5.75 Å². The van der Waals surface area contributed by atoms with Crippen LogP contribution in [0.25, 0.3) is 0 Å². The lowest BCUT2D eigenvalue weighted by atomic mass is 10.0. The van der Waals surface area contributed by atoms with Crippen LogP contribution < -0.4 is 10.5 Å². The first kappa shape index (κ1) is 17.0. The van der Waals surface area contributed by atoms with Crippen LogP contribution >= 0.6 is 0 Å². The van der Waals surface area contributed by atoms with Crippen LogP contribution in [0.5, 0.6) is 5.75 Å². The lowest BCUT2D eigenvalue weighted by Crippen LogP contribution is -2.18. The monoisotopic (exact) mass is 281 g/mol. The topological polar surface area (TPSA) is 53.7 Å². The molecule has 114 valence electrons. The van der Waals surface area contributed by atoms with Crippen molar-refractivity contribution < 1.29 is 14.2 Å². The van der Waals surface area contributed by atoms with Gasteiger partial charge in [0.25, 0.3) is 0 Å². The molecule has 0 heterocycles. The maximum atomic E-state index is 5.91. The van der Waals surface area contributed by atoms with E-state index in [1.807, 2.05) is 13.0 Å². The van der Waals surface area contributed by atoms with Gasteiger partial charge < -0.3 is 19.9 Å². The van der Waals surface area contributed by atoms with E-state index >= 15 is 0 Å². The molecule has 0 saturated heterocycles. The fraction of sp³-hybridized carbons (Fsp3) is 0.625. The third kappa shape index (κ3) is 6.37. The Morgan fingerprint density at radius 1 is 1.15 bits per heavy atom. The number of benzene rings is 1. The minimum Gasteiger partial charge on any atom is -0.493 e. The summed E-state index contributed by atoms with van der Waals surface area (Å²) in [5.74, 6) is 0.974. The summed E-state index contributed by atoms with van der Waals surface area (Å²) in [6.07, 6.45) is 1.71. The Hall–Kier alpha value is -1.10. The molecular weight excluding hydrogens is 254 g/mol. The minimum absolute atomic E-state index is 0.136. The average molecular weight is 281 g/mol. The number of aryl methyl sites for hydroxylation is 1. The maximum Gasteiger partial charge on any atom is 0.125 e. The smallest absolute Gasteiger partial charge is 0.125 e. The molecule has 0 saturated carbocycles. The van der Waals surface area contributed by atoms with Gasteiger partial charge in [-0.05, 0) is 31.4 Å². The molecule has 1 aromatic carbocycles. The average Bonchev–Trinajstić information content (AvgIpc) is 2.40. The van der Waals surface area contributed by atoms with Gasteiger partial charge in [-0.15, -0.1) is 0 Å². The fourth-order valence-electron chi connectivity index (χ4n) is 2.01. The van der Waals surface area contributed by atoms with Crippen molar-refractivity contribution >= 4 is 0 Å². The van der Waals surface area contributed by atoms with E-state index in [-0.39, 0.29) is 6.04 Å². The van der Waals surface area contributed by atoms with Gasteiger partial charge in [0.15, 0.2) is 0 Å². The summed E-state index contributed by atoms with van der Waals surface area (Å²) in [5, 5.41) is 0. The van der Waals surface area contributed by atoms with Crippen LogP contribution in [0.15, 0.2) is 18.2 Å². The summed E-state index contributed by atoms with van der Waals surface area (Å²) in [7, 11) is 1.67. The van der Waals surface area contributed by atoms with Gasteiger partial charge in [-0.25, -0.2) is 0 Å². The van der Waals surface area contributed by atoms with E-state index < -0.39 is 0 Å². The van der Waals surface area contributed by atoms with Crippen LogP contribution in [0, 0.1) is 6.92 Å². The van der Waals surface area contributed by atoms with Gasteiger partial charge >= 0.3 is 0 Å². The summed E-state index contributed by atoms with van der Waals surface area (Å²) in [6.45, 7) is 6.69. The summed E-state index contributed by atoms with van der Waals surface area (Å²) >= 11 is 0. The summed E-state index contributed by atoms with van der Waals surface area (Å²) < 4.78 is 16.2. The molecule has 1 rings (SSSR count). The lowest BCUT2D eigenvalue weighted by Gasteiger charge is -2.15. The van der Waals surface area contributed by atoms with Crippen molar-refractivity contribution in [3.63, 3.8) is 0 Å². The quantitative estimate of drug-likeness (QED) is 0.669. The van der Waals surface area contributed by atoms with E-state index in [1.54, 1.807) is 7.11 Å². The Labute approximate surface area is 122 Å². The highest BCUT2D eigenvalue weighted by Gasteiger charge is 2.08. The standard InChI is InChI=1S/C16H27NO3/c1-13-6-4-7-15(12-14(2)17)16(13)20-9-5-8-19-11-10-18-3/h4,6-7,14H,5,8-12,17H2,1-3H3. The Balaban J connectivity index is 2.38. The number of methoxy groups -OCH3 is 1. The third-order valence-corrected chi connectivity index (χ3v) is 2.95. The first-order valence-electron chi connectivity index (χ1n) is 7.18. The molecule has 2 N–H and O–H groups in total. The molecule has 1 unspecified atom stereocenters. The first-order chi connectivity index (χ1) is 9.65. The molecule has 20 heavy (non-hydrogen) atoms. The zero-order valence-corrected chi connectivity index (χ0v) is 12.9. The van der Waals surface area contributed by atoms with Crippen LogP contribution in [-0.4, -0.2) is 39.6 Å². The van der Waals surface area contributed by atoms with E-state index in [9.17, 15) is 0 Å². The number of hydrogen-bond donors (Lipinski definition) is 1. The first-order valence-corrected chi connectivity index (χ1v) is 7.18. The van der Waals surface area contributed by atoms with Crippen molar-refractivity contribution in [2.75, 3.05) is 33.5 Å². The Morgan fingerprint density at radius 3 is 2.65 bits per heavy atom. The normalized spacial score (nSPS) is 12.4. The highest BCUT2D eigenvalue weighted by Crippen LogP contribution is 2.24. The van der Waals surface area contributed by atoms with Crippen LogP contribution in [0.2, 0.25) is 0 Å². The van der Waals surface area contributed by atoms with E-state index in [0.29, 0.717) is 26.4 Å². The zero-order valence-electron chi connectivity index (χ0n) is 12.9. The van der Waals surface area contributed by atoms with Crippen molar-refractivity contribution in [3.05, 3.63) is 29.3 Å². The predicted octanol–water partition coefficient (Wildman–Crippen LogP) is 2.32. The predicted molar refractivity (Wildman–Crippen MR) is 81.3 cm³/mol. The Kier molecular flexibility index (Phi) is 8.26. The van der Waals surface area contributed by atoms with Crippen molar-refractivity contribution in [1.82, 2.24) is 0 Å². The molecule has 0 spiro atoms. The summed E-state index contributed by atoms with van der Waals surface area (Å²) in [5.41, 5.74) is 8.22. The molecule has 0 amide bonds. The van der Waals surface area contributed by atoms with E-state index in [2.05, 4.69) is 19.1 Å². The molecule has 0 aromatic heterocycles. The Morgan fingerprint density at radius 2 is 1.95 bits per heavy atom. The highest BCUT2D eigenvalue weighted by atomic mass is 16.5. The van der Waals surface area contributed by atoms with E-state index in [4.69, 9.17) is 19.9 Å². The second kappa shape index (κ2) is 9.75. The van der Waals surface area contributed by atoms with Gasteiger partial charge in [-0.1, -0.05) is 18.2 Å². The van der Waals surface area contributed by atoms with Crippen molar-refractivity contribution in [2.24, 2.45) is 5.73 Å². The molecule has 4 nitrogen and oxygen atoms in total. The molecule has 4 heteroatoms. The molecule has 0 fully saturated rings. The SMILES string of the molecule is COCCOCCCOc1c(C)cccc1CC(C)N. The minimum atomic E-state index is 0.136. The van der Waals surface area contributed by atoms with Gasteiger partial charge in [-0.3, -0.25) is 0 Å².